The van der Waals surface area contributed by atoms with Gasteiger partial charge in [0.2, 0.25) is 0 Å². The molecule has 0 heterocycles. The Balaban J connectivity index is 2.20. The lowest BCUT2D eigenvalue weighted by molar-refractivity contribution is 0.492. The van der Waals surface area contributed by atoms with Gasteiger partial charge in [-0.05, 0) is 43.7 Å². The van der Waals surface area contributed by atoms with Crippen LogP contribution in [0, 0.1) is 5.82 Å². The van der Waals surface area contributed by atoms with Gasteiger partial charge in [0.25, 0.3) is 0 Å². The standard InChI is InChI=1S/C16H15Cl3FN/c1-9(11-3-5-12(17)6-4-11)21-10(2)15-13(18)7-8-14(20)16(15)19/h3-10,21H,1-2H3/t9-,10?/m1/s1. The number of nitrogens with one attached hydrogen (secondary N) is 1. The van der Waals surface area contributed by atoms with Crippen molar-refractivity contribution in [2.24, 2.45) is 0 Å². The molecule has 0 saturated heterocycles. The van der Waals surface area contributed by atoms with Crippen molar-refractivity contribution in [2.75, 3.05) is 0 Å². The largest absolute Gasteiger partial charge is 0.304 e. The highest BCUT2D eigenvalue weighted by Crippen LogP contribution is 2.33. The van der Waals surface area contributed by atoms with Gasteiger partial charge >= 0.3 is 0 Å². The number of hydrogen-bond acceptors (Lipinski definition) is 1. The molecule has 0 aliphatic heterocycles. The van der Waals surface area contributed by atoms with Gasteiger partial charge in [0, 0.05) is 27.7 Å². The summed E-state index contributed by atoms with van der Waals surface area (Å²) in [6.45, 7) is 3.92. The van der Waals surface area contributed by atoms with Crippen molar-refractivity contribution in [3.63, 3.8) is 0 Å². The lowest BCUT2D eigenvalue weighted by atomic mass is 10.0. The molecule has 0 radical (unpaired) electrons. The third kappa shape index (κ3) is 3.89. The molecule has 112 valence electrons. The van der Waals surface area contributed by atoms with E-state index >= 15 is 0 Å². The molecule has 21 heavy (non-hydrogen) atoms. The van der Waals surface area contributed by atoms with Gasteiger partial charge in [-0.25, -0.2) is 4.39 Å². The molecular weight excluding hydrogens is 332 g/mol. The average molecular weight is 347 g/mol. The molecule has 2 rings (SSSR count). The van der Waals surface area contributed by atoms with Crippen LogP contribution in [0.15, 0.2) is 36.4 Å². The smallest absolute Gasteiger partial charge is 0.142 e. The fourth-order valence-corrected chi connectivity index (χ4v) is 3.07. The highest BCUT2D eigenvalue weighted by molar-refractivity contribution is 6.36. The van der Waals surface area contributed by atoms with E-state index in [-0.39, 0.29) is 17.1 Å². The molecule has 2 atom stereocenters. The fourth-order valence-electron chi connectivity index (χ4n) is 2.25. The van der Waals surface area contributed by atoms with Crippen LogP contribution < -0.4 is 5.32 Å². The second-order valence-electron chi connectivity index (χ2n) is 4.92. The number of rotatable bonds is 4. The van der Waals surface area contributed by atoms with Crippen LogP contribution in [0.25, 0.3) is 0 Å². The molecule has 1 unspecified atom stereocenters. The summed E-state index contributed by atoms with van der Waals surface area (Å²) < 4.78 is 13.6. The summed E-state index contributed by atoms with van der Waals surface area (Å²) in [5.41, 5.74) is 1.65. The van der Waals surface area contributed by atoms with Crippen molar-refractivity contribution in [1.29, 1.82) is 0 Å². The number of halogens is 4. The molecule has 0 bridgehead atoms. The predicted molar refractivity (Wildman–Crippen MR) is 87.8 cm³/mol. The molecule has 0 fully saturated rings. The lowest BCUT2D eigenvalue weighted by Crippen LogP contribution is -2.23. The van der Waals surface area contributed by atoms with Crippen LogP contribution in [-0.4, -0.2) is 0 Å². The lowest BCUT2D eigenvalue weighted by Gasteiger charge is -2.22. The Morgan fingerprint density at radius 1 is 0.905 bits per heavy atom. The Kier molecular flexibility index (Phi) is 5.50. The molecule has 0 aliphatic rings. The van der Waals surface area contributed by atoms with E-state index in [1.807, 2.05) is 38.1 Å². The molecule has 5 heteroatoms. The maximum absolute atomic E-state index is 13.6. The Hall–Kier alpha value is -0.800. The maximum atomic E-state index is 13.6. The van der Waals surface area contributed by atoms with E-state index in [0.717, 1.165) is 5.56 Å². The summed E-state index contributed by atoms with van der Waals surface area (Å²) in [5, 5.41) is 4.56. The van der Waals surface area contributed by atoms with E-state index in [9.17, 15) is 4.39 Å². The Bertz CT molecular complexity index is 628. The average Bonchev–Trinajstić information content (AvgIpc) is 2.44. The predicted octanol–water partition coefficient (Wildman–Crippen LogP) is 6.20. The first-order valence-electron chi connectivity index (χ1n) is 6.55. The van der Waals surface area contributed by atoms with Crippen molar-refractivity contribution in [3.05, 3.63) is 68.4 Å². The van der Waals surface area contributed by atoms with Crippen molar-refractivity contribution in [3.8, 4) is 0 Å². The molecule has 1 nitrogen and oxygen atoms in total. The summed E-state index contributed by atoms with van der Waals surface area (Å²) in [5.74, 6) is -0.469. The Morgan fingerprint density at radius 3 is 2.14 bits per heavy atom. The third-order valence-electron chi connectivity index (χ3n) is 3.38. The van der Waals surface area contributed by atoms with Gasteiger partial charge in [-0.1, -0.05) is 46.9 Å². The highest BCUT2D eigenvalue weighted by Gasteiger charge is 2.19. The van der Waals surface area contributed by atoms with Crippen LogP contribution in [0.3, 0.4) is 0 Å². The van der Waals surface area contributed by atoms with Crippen LogP contribution in [-0.2, 0) is 0 Å². The van der Waals surface area contributed by atoms with Crippen molar-refractivity contribution >= 4 is 34.8 Å². The number of benzene rings is 2. The molecule has 0 amide bonds. The van der Waals surface area contributed by atoms with Crippen LogP contribution in [0.4, 0.5) is 4.39 Å². The van der Waals surface area contributed by atoms with Crippen LogP contribution in [0.1, 0.15) is 37.1 Å². The molecule has 0 saturated carbocycles. The molecule has 2 aromatic rings. The molecule has 0 aromatic heterocycles. The first kappa shape index (κ1) is 16.6. The second kappa shape index (κ2) is 6.97. The minimum absolute atomic E-state index is 0.0488. The number of hydrogen-bond donors (Lipinski definition) is 1. The van der Waals surface area contributed by atoms with Gasteiger partial charge in [-0.3, -0.25) is 0 Å². The zero-order chi connectivity index (χ0) is 15.6. The van der Waals surface area contributed by atoms with Crippen molar-refractivity contribution in [2.45, 2.75) is 25.9 Å². The highest BCUT2D eigenvalue weighted by atomic mass is 35.5. The van der Waals surface area contributed by atoms with Crippen LogP contribution in [0.5, 0.6) is 0 Å². The summed E-state index contributed by atoms with van der Waals surface area (Å²) >= 11 is 18.0. The van der Waals surface area contributed by atoms with Gasteiger partial charge < -0.3 is 5.32 Å². The molecular formula is C16H15Cl3FN. The molecule has 1 N–H and O–H groups in total. The van der Waals surface area contributed by atoms with E-state index < -0.39 is 5.82 Å². The maximum Gasteiger partial charge on any atom is 0.142 e. The van der Waals surface area contributed by atoms with Crippen LogP contribution >= 0.6 is 34.8 Å². The van der Waals surface area contributed by atoms with Crippen molar-refractivity contribution in [1.82, 2.24) is 5.32 Å². The summed E-state index contributed by atoms with van der Waals surface area (Å²) in [6.07, 6.45) is 0. The monoisotopic (exact) mass is 345 g/mol. The first-order valence-corrected chi connectivity index (χ1v) is 7.68. The second-order valence-corrected chi connectivity index (χ2v) is 6.14. The van der Waals surface area contributed by atoms with Crippen LogP contribution in [0.2, 0.25) is 15.1 Å². The molecule has 0 aliphatic carbocycles. The molecule has 0 spiro atoms. The molecule has 2 aromatic carbocycles. The summed E-state index contributed by atoms with van der Waals surface area (Å²) in [4.78, 5) is 0. The zero-order valence-electron chi connectivity index (χ0n) is 11.6. The van der Waals surface area contributed by atoms with E-state index in [2.05, 4.69) is 5.32 Å². The zero-order valence-corrected chi connectivity index (χ0v) is 13.9. The van der Waals surface area contributed by atoms with E-state index in [1.54, 1.807) is 0 Å². The van der Waals surface area contributed by atoms with E-state index in [0.29, 0.717) is 15.6 Å². The van der Waals surface area contributed by atoms with Gasteiger partial charge in [-0.2, -0.15) is 0 Å². The summed E-state index contributed by atoms with van der Waals surface area (Å²) in [7, 11) is 0. The minimum Gasteiger partial charge on any atom is -0.304 e. The van der Waals surface area contributed by atoms with Gasteiger partial charge in [0.05, 0.1) is 5.02 Å². The van der Waals surface area contributed by atoms with Gasteiger partial charge in [-0.15, -0.1) is 0 Å². The Labute approximate surface area is 139 Å². The SMILES string of the molecule is CC(N[C@H](C)c1ccc(Cl)cc1)c1c(Cl)ccc(F)c1Cl. The van der Waals surface area contributed by atoms with Crippen molar-refractivity contribution < 1.29 is 4.39 Å². The third-order valence-corrected chi connectivity index (χ3v) is 4.35. The quantitative estimate of drug-likeness (QED) is 0.650. The summed E-state index contributed by atoms with van der Waals surface area (Å²) in [6, 6.07) is 10.2. The first-order chi connectivity index (χ1) is 9.90. The van der Waals surface area contributed by atoms with Gasteiger partial charge in [0.15, 0.2) is 0 Å². The van der Waals surface area contributed by atoms with E-state index in [1.165, 1.54) is 12.1 Å². The Morgan fingerprint density at radius 2 is 1.52 bits per heavy atom. The fraction of sp³-hybridized carbons (Fsp3) is 0.250. The normalized spacial score (nSPS) is 14.0. The minimum atomic E-state index is -0.469. The topological polar surface area (TPSA) is 12.0 Å². The van der Waals surface area contributed by atoms with Gasteiger partial charge in [0.1, 0.15) is 5.82 Å². The van der Waals surface area contributed by atoms with E-state index in [4.69, 9.17) is 34.8 Å².